The molecule has 1 N–H and O–H groups in total. The molecule has 0 aliphatic carbocycles. The summed E-state index contributed by atoms with van der Waals surface area (Å²) in [4.78, 5) is 11.6. The third kappa shape index (κ3) is 2.67. The number of nitrogens with one attached hydrogen (secondary N) is 1. The zero-order chi connectivity index (χ0) is 13.2. The normalized spacial score (nSPS) is 25.1. The van der Waals surface area contributed by atoms with E-state index in [9.17, 15) is 4.79 Å². The molecule has 100 valence electrons. The molecule has 0 spiro atoms. The highest BCUT2D eigenvalue weighted by Crippen LogP contribution is 2.35. The van der Waals surface area contributed by atoms with Crippen LogP contribution in [0.1, 0.15) is 25.3 Å². The number of carbonyl (C=O) groups excluding carboxylic acids is 1. The number of alkyl halides is 1. The molecule has 1 amide bonds. The number of hydrogen-bond donors (Lipinski definition) is 1. The van der Waals surface area contributed by atoms with E-state index in [0.717, 1.165) is 18.4 Å². The number of ether oxygens (including phenoxy) is 1. The van der Waals surface area contributed by atoms with Crippen molar-refractivity contribution in [3.05, 3.63) is 18.0 Å². The van der Waals surface area contributed by atoms with Crippen molar-refractivity contribution in [2.75, 3.05) is 13.2 Å². The van der Waals surface area contributed by atoms with E-state index in [1.807, 2.05) is 13.2 Å². The number of amides is 1. The quantitative estimate of drug-likeness (QED) is 0.837. The van der Waals surface area contributed by atoms with Gasteiger partial charge in [-0.25, -0.2) is 0 Å². The van der Waals surface area contributed by atoms with Gasteiger partial charge in [0.1, 0.15) is 11.0 Å². The average Bonchev–Trinajstić information content (AvgIpc) is 2.95. The molecular formula is C12H18ClN3O2. The summed E-state index contributed by atoms with van der Waals surface area (Å²) in [6.07, 6.45) is 5.60. The summed E-state index contributed by atoms with van der Waals surface area (Å²) in [6, 6.07) is 0. The van der Waals surface area contributed by atoms with Gasteiger partial charge in [-0.1, -0.05) is 0 Å². The van der Waals surface area contributed by atoms with Crippen LogP contribution in [-0.4, -0.2) is 34.2 Å². The summed E-state index contributed by atoms with van der Waals surface area (Å²) in [5.74, 6) is -0.171. The van der Waals surface area contributed by atoms with E-state index in [0.29, 0.717) is 13.2 Å². The number of rotatable bonds is 4. The Bertz CT molecular complexity index is 425. The number of nitrogens with zero attached hydrogens (tertiary/aromatic N) is 2. The van der Waals surface area contributed by atoms with Crippen LogP contribution in [0.3, 0.4) is 0 Å². The summed E-state index contributed by atoms with van der Waals surface area (Å²) in [5, 5.41) is 6.48. The first kappa shape index (κ1) is 13.4. The van der Waals surface area contributed by atoms with Crippen molar-refractivity contribution in [2.45, 2.75) is 30.7 Å². The van der Waals surface area contributed by atoms with Gasteiger partial charge in [-0.3, -0.25) is 9.48 Å². The number of aryl methyl sites for hydroxylation is 1. The van der Waals surface area contributed by atoms with Crippen LogP contribution in [0.2, 0.25) is 0 Å². The largest absolute Gasteiger partial charge is 0.368 e. The molecule has 6 heteroatoms. The highest BCUT2D eigenvalue weighted by molar-refractivity contribution is 6.30. The lowest BCUT2D eigenvalue weighted by Gasteiger charge is -2.27. The van der Waals surface area contributed by atoms with Crippen molar-refractivity contribution in [1.82, 2.24) is 15.1 Å². The number of hydrogen-bond acceptors (Lipinski definition) is 3. The number of aromatic nitrogens is 2. The molecule has 2 heterocycles. The van der Waals surface area contributed by atoms with Gasteiger partial charge in [0.15, 0.2) is 0 Å². The van der Waals surface area contributed by atoms with Gasteiger partial charge in [0, 0.05) is 25.4 Å². The number of carbonyl (C=O) groups is 1. The third-order valence-electron chi connectivity index (χ3n) is 3.24. The van der Waals surface area contributed by atoms with E-state index in [-0.39, 0.29) is 5.91 Å². The average molecular weight is 272 g/mol. The maximum atomic E-state index is 11.6. The van der Waals surface area contributed by atoms with Gasteiger partial charge in [0.05, 0.1) is 12.7 Å². The van der Waals surface area contributed by atoms with E-state index in [1.165, 1.54) is 0 Å². The van der Waals surface area contributed by atoms with Crippen molar-refractivity contribution in [2.24, 2.45) is 7.05 Å². The molecule has 5 nitrogen and oxygen atoms in total. The minimum atomic E-state index is -0.530. The van der Waals surface area contributed by atoms with E-state index in [4.69, 9.17) is 16.3 Å². The Kier molecular flexibility index (Phi) is 3.92. The smallest absolute Gasteiger partial charge is 0.237 e. The van der Waals surface area contributed by atoms with Crippen LogP contribution in [0.4, 0.5) is 0 Å². The van der Waals surface area contributed by atoms with Crippen molar-refractivity contribution in [3.8, 4) is 0 Å². The Labute approximate surface area is 111 Å². The van der Waals surface area contributed by atoms with Crippen molar-refractivity contribution in [1.29, 1.82) is 0 Å². The molecule has 0 aromatic carbocycles. The third-order valence-corrected chi connectivity index (χ3v) is 3.44. The fourth-order valence-corrected chi connectivity index (χ4v) is 2.27. The second kappa shape index (κ2) is 5.28. The molecule has 18 heavy (non-hydrogen) atoms. The summed E-state index contributed by atoms with van der Waals surface area (Å²) >= 11 is 5.74. The first-order chi connectivity index (χ1) is 8.53. The van der Waals surface area contributed by atoms with Gasteiger partial charge in [-0.05, 0) is 19.8 Å². The topological polar surface area (TPSA) is 56.2 Å². The lowest BCUT2D eigenvalue weighted by molar-refractivity contribution is -0.122. The first-order valence-corrected chi connectivity index (χ1v) is 6.52. The maximum Gasteiger partial charge on any atom is 0.237 e. The van der Waals surface area contributed by atoms with Gasteiger partial charge in [-0.15, -0.1) is 11.6 Å². The first-order valence-electron chi connectivity index (χ1n) is 6.08. The lowest BCUT2D eigenvalue weighted by Crippen LogP contribution is -2.42. The van der Waals surface area contributed by atoms with Crippen LogP contribution in [-0.2, 0) is 22.2 Å². The van der Waals surface area contributed by atoms with Crippen molar-refractivity contribution >= 4 is 17.5 Å². The van der Waals surface area contributed by atoms with Gasteiger partial charge in [-0.2, -0.15) is 5.10 Å². The van der Waals surface area contributed by atoms with Crippen molar-refractivity contribution in [3.63, 3.8) is 0 Å². The van der Waals surface area contributed by atoms with Crippen LogP contribution in [0, 0.1) is 0 Å². The summed E-state index contributed by atoms with van der Waals surface area (Å²) in [5.41, 5.74) is 0.556. The summed E-state index contributed by atoms with van der Waals surface area (Å²) in [6.45, 7) is 2.80. The predicted octanol–water partition coefficient (Wildman–Crippen LogP) is 1.17. The van der Waals surface area contributed by atoms with Crippen LogP contribution in [0.5, 0.6) is 0 Å². The van der Waals surface area contributed by atoms with E-state index in [2.05, 4.69) is 10.4 Å². The van der Waals surface area contributed by atoms with Crippen molar-refractivity contribution < 1.29 is 9.53 Å². The van der Waals surface area contributed by atoms with Crippen LogP contribution in [0.15, 0.2) is 12.4 Å². The van der Waals surface area contributed by atoms with Crippen LogP contribution in [0.25, 0.3) is 0 Å². The fourth-order valence-electron chi connectivity index (χ4n) is 2.19. The molecule has 0 saturated carbocycles. The molecule has 1 saturated heterocycles. The van der Waals surface area contributed by atoms with Gasteiger partial charge >= 0.3 is 0 Å². The number of halogens is 1. The molecule has 0 bridgehead atoms. The minimum Gasteiger partial charge on any atom is -0.368 e. The molecule has 0 radical (unpaired) electrons. The second-order valence-corrected chi connectivity index (χ2v) is 5.34. The molecule has 2 atom stereocenters. The van der Waals surface area contributed by atoms with Gasteiger partial charge < -0.3 is 10.1 Å². The SMILES string of the molecule is CC(Cl)C(=O)NCC1(c2cnn(C)c2)CCCO1. The highest BCUT2D eigenvalue weighted by Gasteiger charge is 2.38. The van der Waals surface area contributed by atoms with Gasteiger partial charge in [0.25, 0.3) is 0 Å². The fraction of sp³-hybridized carbons (Fsp3) is 0.667. The van der Waals surface area contributed by atoms with Gasteiger partial charge in [0.2, 0.25) is 5.91 Å². The summed E-state index contributed by atoms with van der Waals surface area (Å²) < 4.78 is 7.60. The minimum absolute atomic E-state index is 0.171. The molecular weight excluding hydrogens is 254 g/mol. The monoisotopic (exact) mass is 271 g/mol. The van der Waals surface area contributed by atoms with E-state index >= 15 is 0 Å². The molecule has 1 aliphatic rings. The lowest BCUT2D eigenvalue weighted by atomic mass is 9.93. The molecule has 1 aromatic rings. The predicted molar refractivity (Wildman–Crippen MR) is 68.4 cm³/mol. The molecule has 2 rings (SSSR count). The zero-order valence-electron chi connectivity index (χ0n) is 10.6. The standard InChI is InChI=1S/C12H18ClN3O2/c1-9(13)11(17)14-8-12(4-3-5-18-12)10-6-15-16(2)7-10/h6-7,9H,3-5,8H2,1-2H3,(H,14,17). The molecule has 1 aliphatic heterocycles. The molecule has 2 unspecified atom stereocenters. The Morgan fingerprint density at radius 2 is 2.56 bits per heavy atom. The van der Waals surface area contributed by atoms with E-state index < -0.39 is 11.0 Å². The Balaban J connectivity index is 2.10. The van der Waals surface area contributed by atoms with E-state index in [1.54, 1.807) is 17.8 Å². The maximum absolute atomic E-state index is 11.6. The van der Waals surface area contributed by atoms with Crippen LogP contribution >= 0.6 is 11.6 Å². The second-order valence-electron chi connectivity index (χ2n) is 4.68. The van der Waals surface area contributed by atoms with Crippen LogP contribution < -0.4 is 5.32 Å². The Morgan fingerprint density at radius 1 is 1.78 bits per heavy atom. The molecule has 1 fully saturated rings. The summed E-state index contributed by atoms with van der Waals surface area (Å²) in [7, 11) is 1.87. The molecule has 1 aromatic heterocycles. The highest BCUT2D eigenvalue weighted by atomic mass is 35.5. The zero-order valence-corrected chi connectivity index (χ0v) is 11.4. The Hall–Kier alpha value is -1.07. The Morgan fingerprint density at radius 3 is 3.06 bits per heavy atom.